The van der Waals surface area contributed by atoms with Crippen LogP contribution < -0.4 is 15.4 Å². The molecule has 0 radical (unpaired) electrons. The Kier molecular flexibility index (Phi) is 6.74. The van der Waals surface area contributed by atoms with Crippen molar-refractivity contribution in [2.45, 2.75) is 27.7 Å². The summed E-state index contributed by atoms with van der Waals surface area (Å²) in [5, 5.41) is 5.83. The Balaban J connectivity index is 1.97. The molecule has 2 aromatic rings. The van der Waals surface area contributed by atoms with Gasteiger partial charge in [0, 0.05) is 24.8 Å². The summed E-state index contributed by atoms with van der Waals surface area (Å²) in [5.74, 6) is 0.000164. The van der Waals surface area contributed by atoms with Crippen LogP contribution in [0.25, 0.3) is 5.57 Å². The van der Waals surface area contributed by atoms with Gasteiger partial charge in [-0.2, -0.15) is 0 Å². The smallest absolute Gasteiger partial charge is 0.278 e. The van der Waals surface area contributed by atoms with E-state index in [9.17, 15) is 14.4 Å². The topological polar surface area (TPSA) is 87.7 Å². The molecule has 2 N–H and O–H groups in total. The molecule has 3 amide bonds. The molecule has 0 spiro atoms. The molecule has 0 saturated heterocycles. The average Bonchev–Trinajstić information content (AvgIpc) is 2.94. The second-order valence-electron chi connectivity index (χ2n) is 7.71. The first-order valence-corrected chi connectivity index (χ1v) is 10.3. The lowest BCUT2D eigenvalue weighted by Gasteiger charge is -2.17. The van der Waals surface area contributed by atoms with E-state index in [1.54, 1.807) is 48.5 Å². The van der Waals surface area contributed by atoms with Gasteiger partial charge in [-0.25, -0.2) is 0 Å². The molecule has 0 fully saturated rings. The number of imide groups is 1. The molecule has 1 aliphatic heterocycles. The zero-order chi connectivity index (χ0) is 22.5. The maximum absolute atomic E-state index is 13.2. The van der Waals surface area contributed by atoms with Crippen molar-refractivity contribution in [1.82, 2.24) is 4.90 Å². The molecule has 1 aliphatic rings. The van der Waals surface area contributed by atoms with Gasteiger partial charge in [-0.1, -0.05) is 26.0 Å². The number of hydrogen-bond acceptors (Lipinski definition) is 5. The van der Waals surface area contributed by atoms with Gasteiger partial charge in [0.05, 0.1) is 12.2 Å². The zero-order valence-electron chi connectivity index (χ0n) is 18.2. The molecule has 0 saturated carbocycles. The summed E-state index contributed by atoms with van der Waals surface area (Å²) >= 11 is 0. The Morgan fingerprint density at radius 2 is 1.58 bits per heavy atom. The summed E-state index contributed by atoms with van der Waals surface area (Å²) in [6.07, 6.45) is 0. The molecular formula is C24H27N3O4. The van der Waals surface area contributed by atoms with E-state index in [0.29, 0.717) is 35.7 Å². The quantitative estimate of drug-likeness (QED) is 0.632. The van der Waals surface area contributed by atoms with E-state index in [0.717, 1.165) is 5.75 Å². The van der Waals surface area contributed by atoms with Crippen molar-refractivity contribution in [1.29, 1.82) is 0 Å². The molecule has 0 aliphatic carbocycles. The number of carbonyl (C=O) groups excluding carboxylic acids is 3. The molecule has 1 heterocycles. The van der Waals surface area contributed by atoms with Crippen LogP contribution in [0.15, 0.2) is 54.2 Å². The Labute approximate surface area is 182 Å². The van der Waals surface area contributed by atoms with Crippen LogP contribution >= 0.6 is 0 Å². The van der Waals surface area contributed by atoms with Crippen molar-refractivity contribution >= 4 is 34.7 Å². The molecule has 2 aromatic carbocycles. The number of nitrogens with one attached hydrogen (secondary N) is 2. The third kappa shape index (κ3) is 5.12. The van der Waals surface area contributed by atoms with Crippen molar-refractivity contribution < 1.29 is 19.1 Å². The highest BCUT2D eigenvalue weighted by Crippen LogP contribution is 2.32. The molecule has 0 atom stereocenters. The number of benzene rings is 2. The first-order chi connectivity index (χ1) is 14.8. The average molecular weight is 421 g/mol. The highest BCUT2D eigenvalue weighted by Gasteiger charge is 2.39. The Bertz CT molecular complexity index is 1010. The lowest BCUT2D eigenvalue weighted by Crippen LogP contribution is -2.35. The fraction of sp³-hybridized carbons (Fsp3) is 0.292. The number of nitrogens with zero attached hydrogens (tertiary/aromatic N) is 1. The predicted octanol–water partition coefficient (Wildman–Crippen LogP) is 3.89. The minimum absolute atomic E-state index is 0.140. The van der Waals surface area contributed by atoms with Crippen LogP contribution in [0.4, 0.5) is 11.4 Å². The van der Waals surface area contributed by atoms with Gasteiger partial charge in [0.15, 0.2) is 0 Å². The van der Waals surface area contributed by atoms with Crippen molar-refractivity contribution in [2.75, 3.05) is 23.8 Å². The van der Waals surface area contributed by atoms with E-state index in [1.165, 1.54) is 11.8 Å². The van der Waals surface area contributed by atoms with Crippen LogP contribution in [0.1, 0.15) is 33.3 Å². The van der Waals surface area contributed by atoms with E-state index < -0.39 is 0 Å². The van der Waals surface area contributed by atoms with Gasteiger partial charge in [0.1, 0.15) is 11.4 Å². The Morgan fingerprint density at radius 1 is 0.968 bits per heavy atom. The van der Waals surface area contributed by atoms with Gasteiger partial charge in [0.2, 0.25) is 5.91 Å². The molecule has 0 aromatic heterocycles. The summed E-state index contributed by atoms with van der Waals surface area (Å²) in [7, 11) is 0. The van der Waals surface area contributed by atoms with Gasteiger partial charge in [-0.15, -0.1) is 0 Å². The van der Waals surface area contributed by atoms with E-state index in [2.05, 4.69) is 10.6 Å². The lowest BCUT2D eigenvalue weighted by atomic mass is 10.0. The standard InChI is InChI=1S/C24H27N3O4/c1-5-31-20-12-10-19(11-13-20)26-22-21(23(29)27(24(22)30)14-15(2)3)17-6-8-18(9-7-17)25-16(4)28/h6-13,15,26H,5,14H2,1-4H3,(H,25,28). The molecule has 31 heavy (non-hydrogen) atoms. The normalized spacial score (nSPS) is 13.8. The van der Waals surface area contributed by atoms with Crippen molar-refractivity contribution in [2.24, 2.45) is 5.92 Å². The number of hydrogen-bond donors (Lipinski definition) is 2. The second kappa shape index (κ2) is 9.47. The highest BCUT2D eigenvalue weighted by molar-refractivity contribution is 6.36. The van der Waals surface area contributed by atoms with E-state index in [4.69, 9.17) is 4.74 Å². The zero-order valence-corrected chi connectivity index (χ0v) is 18.2. The fourth-order valence-corrected chi connectivity index (χ4v) is 3.36. The number of rotatable bonds is 8. The molecular weight excluding hydrogens is 394 g/mol. The van der Waals surface area contributed by atoms with Crippen molar-refractivity contribution in [3.05, 3.63) is 59.8 Å². The van der Waals surface area contributed by atoms with Crippen molar-refractivity contribution in [3.63, 3.8) is 0 Å². The van der Waals surface area contributed by atoms with E-state index in [-0.39, 0.29) is 29.3 Å². The van der Waals surface area contributed by atoms with Crippen LogP contribution in [0.3, 0.4) is 0 Å². The molecule has 0 unspecified atom stereocenters. The summed E-state index contributed by atoms with van der Waals surface area (Å²) in [6, 6.07) is 14.1. The van der Waals surface area contributed by atoms with E-state index in [1.807, 2.05) is 20.8 Å². The number of amides is 3. The molecule has 7 heteroatoms. The monoisotopic (exact) mass is 421 g/mol. The maximum Gasteiger partial charge on any atom is 0.278 e. The van der Waals surface area contributed by atoms with Gasteiger partial charge in [0.25, 0.3) is 11.8 Å². The number of ether oxygens (including phenoxy) is 1. The summed E-state index contributed by atoms with van der Waals surface area (Å²) in [6.45, 7) is 8.15. The largest absolute Gasteiger partial charge is 0.494 e. The molecule has 0 bridgehead atoms. The first-order valence-electron chi connectivity index (χ1n) is 10.3. The summed E-state index contributed by atoms with van der Waals surface area (Å²) in [4.78, 5) is 38.8. The lowest BCUT2D eigenvalue weighted by molar-refractivity contribution is -0.137. The molecule has 7 nitrogen and oxygen atoms in total. The predicted molar refractivity (Wildman–Crippen MR) is 120 cm³/mol. The third-order valence-corrected chi connectivity index (χ3v) is 4.64. The van der Waals surface area contributed by atoms with Crippen LogP contribution in [-0.4, -0.2) is 35.8 Å². The highest BCUT2D eigenvalue weighted by atomic mass is 16.5. The van der Waals surface area contributed by atoms with E-state index >= 15 is 0 Å². The van der Waals surface area contributed by atoms with Crippen molar-refractivity contribution in [3.8, 4) is 5.75 Å². The third-order valence-electron chi connectivity index (χ3n) is 4.64. The van der Waals surface area contributed by atoms with Crippen LogP contribution in [0.5, 0.6) is 5.75 Å². The number of anilines is 2. The Morgan fingerprint density at radius 3 is 2.13 bits per heavy atom. The minimum Gasteiger partial charge on any atom is -0.494 e. The van der Waals surface area contributed by atoms with Gasteiger partial charge < -0.3 is 15.4 Å². The van der Waals surface area contributed by atoms with Crippen LogP contribution in [-0.2, 0) is 14.4 Å². The first kappa shape index (κ1) is 22.1. The SMILES string of the molecule is CCOc1ccc(NC2=C(c3ccc(NC(C)=O)cc3)C(=O)N(CC(C)C)C2=O)cc1. The number of carbonyl (C=O) groups is 3. The minimum atomic E-state index is -0.353. The van der Waals surface area contributed by atoms with Crippen LogP contribution in [0, 0.1) is 5.92 Å². The van der Waals surface area contributed by atoms with Gasteiger partial charge in [-0.05, 0) is 54.8 Å². The summed E-state index contributed by atoms with van der Waals surface area (Å²) < 4.78 is 5.46. The van der Waals surface area contributed by atoms with Gasteiger partial charge >= 0.3 is 0 Å². The molecule has 162 valence electrons. The Hall–Kier alpha value is -3.61. The maximum atomic E-state index is 13.2. The summed E-state index contributed by atoms with van der Waals surface area (Å²) in [5.41, 5.74) is 2.45. The van der Waals surface area contributed by atoms with Gasteiger partial charge in [-0.3, -0.25) is 19.3 Å². The molecule has 3 rings (SSSR count). The van der Waals surface area contributed by atoms with Crippen LogP contribution in [0.2, 0.25) is 0 Å². The second-order valence-corrected chi connectivity index (χ2v) is 7.71. The fourth-order valence-electron chi connectivity index (χ4n) is 3.36.